The predicted octanol–water partition coefficient (Wildman–Crippen LogP) is 2.82. The van der Waals surface area contributed by atoms with Crippen molar-refractivity contribution in [2.24, 2.45) is 5.92 Å². The van der Waals surface area contributed by atoms with Crippen LogP contribution in [0.25, 0.3) is 0 Å². The van der Waals surface area contributed by atoms with Crippen LogP contribution >= 0.6 is 0 Å². The number of rotatable bonds is 5. The van der Waals surface area contributed by atoms with Gasteiger partial charge >= 0.3 is 0 Å². The largest absolute Gasteiger partial charge is 0.317 e. The van der Waals surface area contributed by atoms with Crippen LogP contribution in [0.5, 0.6) is 0 Å². The molecule has 0 aliphatic carbocycles. The van der Waals surface area contributed by atoms with Gasteiger partial charge in [-0.25, -0.2) is 4.39 Å². The zero-order chi connectivity index (χ0) is 13.0. The maximum Gasteiger partial charge on any atom is 0.123 e. The molecule has 1 aromatic carbocycles. The Labute approximate surface area is 109 Å². The first-order valence-electron chi connectivity index (χ1n) is 6.91. The molecular formula is C15H23FN2. The summed E-state index contributed by atoms with van der Waals surface area (Å²) in [6, 6.07) is 7.29. The van der Waals surface area contributed by atoms with Crippen molar-refractivity contribution in [1.82, 2.24) is 10.2 Å². The number of nitrogens with zero attached hydrogens (tertiary/aromatic N) is 1. The standard InChI is InChI=1S/C15H23FN2/c1-3-17-10-13-8-9-18(11-13)12(2)14-4-6-15(16)7-5-14/h4-7,12-13,17H,3,8-11H2,1-2H3. The normalized spacial score (nSPS) is 22.3. The Balaban J connectivity index is 1.90. The van der Waals surface area contributed by atoms with E-state index in [-0.39, 0.29) is 5.82 Å². The minimum absolute atomic E-state index is 0.155. The molecule has 0 bridgehead atoms. The fourth-order valence-corrected chi connectivity index (χ4v) is 2.68. The van der Waals surface area contributed by atoms with Crippen LogP contribution in [-0.2, 0) is 0 Å². The highest BCUT2D eigenvalue weighted by Crippen LogP contribution is 2.27. The zero-order valence-corrected chi connectivity index (χ0v) is 11.3. The summed E-state index contributed by atoms with van der Waals surface area (Å²) in [5, 5.41) is 3.42. The molecule has 3 heteroatoms. The van der Waals surface area contributed by atoms with Crippen LogP contribution < -0.4 is 5.32 Å². The predicted molar refractivity (Wildman–Crippen MR) is 73.0 cm³/mol. The molecule has 100 valence electrons. The number of halogens is 1. The van der Waals surface area contributed by atoms with Gasteiger partial charge in [0.05, 0.1) is 0 Å². The number of nitrogens with one attached hydrogen (secondary N) is 1. The van der Waals surface area contributed by atoms with Gasteiger partial charge in [0, 0.05) is 12.6 Å². The van der Waals surface area contributed by atoms with E-state index in [1.54, 1.807) is 12.1 Å². The quantitative estimate of drug-likeness (QED) is 0.864. The van der Waals surface area contributed by atoms with E-state index in [9.17, 15) is 4.39 Å². The number of likely N-dealkylation sites (tertiary alicyclic amines) is 1. The minimum Gasteiger partial charge on any atom is -0.317 e. The third kappa shape index (κ3) is 3.30. The van der Waals surface area contributed by atoms with E-state index >= 15 is 0 Å². The van der Waals surface area contributed by atoms with Gasteiger partial charge in [0.2, 0.25) is 0 Å². The molecule has 1 saturated heterocycles. The van der Waals surface area contributed by atoms with Gasteiger partial charge in [-0.1, -0.05) is 19.1 Å². The van der Waals surface area contributed by atoms with Crippen molar-refractivity contribution in [1.29, 1.82) is 0 Å². The van der Waals surface area contributed by atoms with E-state index in [0.717, 1.165) is 32.1 Å². The van der Waals surface area contributed by atoms with Crippen molar-refractivity contribution in [3.05, 3.63) is 35.6 Å². The Morgan fingerprint density at radius 3 is 2.78 bits per heavy atom. The highest BCUT2D eigenvalue weighted by atomic mass is 19.1. The van der Waals surface area contributed by atoms with Crippen LogP contribution in [0.4, 0.5) is 4.39 Å². The summed E-state index contributed by atoms with van der Waals surface area (Å²) in [4.78, 5) is 2.50. The van der Waals surface area contributed by atoms with Crippen molar-refractivity contribution < 1.29 is 4.39 Å². The van der Waals surface area contributed by atoms with E-state index in [1.807, 2.05) is 12.1 Å². The van der Waals surface area contributed by atoms with Crippen molar-refractivity contribution in [3.8, 4) is 0 Å². The van der Waals surface area contributed by atoms with Gasteiger partial charge in [0.1, 0.15) is 5.82 Å². The van der Waals surface area contributed by atoms with E-state index in [4.69, 9.17) is 0 Å². The van der Waals surface area contributed by atoms with Crippen LogP contribution in [0, 0.1) is 11.7 Å². The Kier molecular flexibility index (Phi) is 4.72. The molecule has 1 aliphatic rings. The molecule has 0 amide bonds. The average molecular weight is 250 g/mol. The number of benzene rings is 1. The summed E-state index contributed by atoms with van der Waals surface area (Å²) >= 11 is 0. The van der Waals surface area contributed by atoms with Crippen molar-refractivity contribution >= 4 is 0 Å². The lowest BCUT2D eigenvalue weighted by atomic mass is 10.1. The second-order valence-electron chi connectivity index (χ2n) is 5.18. The lowest BCUT2D eigenvalue weighted by molar-refractivity contribution is 0.251. The molecule has 1 fully saturated rings. The molecule has 1 heterocycles. The van der Waals surface area contributed by atoms with Gasteiger partial charge in [-0.05, 0) is 56.6 Å². The third-order valence-electron chi connectivity index (χ3n) is 3.90. The summed E-state index contributed by atoms with van der Waals surface area (Å²) in [6.07, 6.45) is 1.26. The van der Waals surface area contributed by atoms with Gasteiger partial charge in [0.15, 0.2) is 0 Å². The zero-order valence-electron chi connectivity index (χ0n) is 11.3. The first-order valence-corrected chi connectivity index (χ1v) is 6.91. The van der Waals surface area contributed by atoms with Crippen molar-refractivity contribution in [2.75, 3.05) is 26.2 Å². The smallest absolute Gasteiger partial charge is 0.123 e. The second kappa shape index (κ2) is 6.30. The van der Waals surface area contributed by atoms with E-state index < -0.39 is 0 Å². The molecule has 1 aliphatic heterocycles. The molecule has 1 N–H and O–H groups in total. The Morgan fingerprint density at radius 1 is 1.39 bits per heavy atom. The Hall–Kier alpha value is -0.930. The van der Waals surface area contributed by atoms with Crippen LogP contribution in [0.15, 0.2) is 24.3 Å². The van der Waals surface area contributed by atoms with Crippen molar-refractivity contribution in [2.45, 2.75) is 26.3 Å². The molecule has 2 rings (SSSR count). The fraction of sp³-hybridized carbons (Fsp3) is 0.600. The monoisotopic (exact) mass is 250 g/mol. The Morgan fingerprint density at radius 2 is 2.11 bits per heavy atom. The van der Waals surface area contributed by atoms with Gasteiger partial charge in [-0.15, -0.1) is 0 Å². The summed E-state index contributed by atoms with van der Waals surface area (Å²) in [7, 11) is 0. The highest BCUT2D eigenvalue weighted by Gasteiger charge is 2.26. The minimum atomic E-state index is -0.155. The highest BCUT2D eigenvalue weighted by molar-refractivity contribution is 5.19. The Bertz CT molecular complexity index is 363. The van der Waals surface area contributed by atoms with Crippen LogP contribution in [-0.4, -0.2) is 31.1 Å². The topological polar surface area (TPSA) is 15.3 Å². The van der Waals surface area contributed by atoms with Gasteiger partial charge in [-0.2, -0.15) is 0 Å². The summed E-state index contributed by atoms with van der Waals surface area (Å²) in [6.45, 7) is 8.81. The van der Waals surface area contributed by atoms with Gasteiger partial charge in [-0.3, -0.25) is 4.90 Å². The first kappa shape index (κ1) is 13.5. The molecule has 2 atom stereocenters. The third-order valence-corrected chi connectivity index (χ3v) is 3.90. The molecule has 0 spiro atoms. The number of hydrogen-bond acceptors (Lipinski definition) is 2. The van der Waals surface area contributed by atoms with Crippen LogP contribution in [0.3, 0.4) is 0 Å². The van der Waals surface area contributed by atoms with Crippen LogP contribution in [0.2, 0.25) is 0 Å². The molecule has 0 aromatic heterocycles. The van der Waals surface area contributed by atoms with E-state index in [0.29, 0.717) is 6.04 Å². The van der Waals surface area contributed by atoms with Crippen LogP contribution in [0.1, 0.15) is 31.9 Å². The summed E-state index contributed by atoms with van der Waals surface area (Å²) in [5.41, 5.74) is 1.21. The number of hydrogen-bond donors (Lipinski definition) is 1. The second-order valence-corrected chi connectivity index (χ2v) is 5.18. The maximum absolute atomic E-state index is 12.9. The molecule has 0 radical (unpaired) electrons. The molecular weight excluding hydrogens is 227 g/mol. The maximum atomic E-state index is 12.9. The SMILES string of the molecule is CCNCC1CCN(C(C)c2ccc(F)cc2)C1. The van der Waals surface area contributed by atoms with E-state index in [1.165, 1.54) is 12.0 Å². The van der Waals surface area contributed by atoms with E-state index in [2.05, 4.69) is 24.1 Å². The van der Waals surface area contributed by atoms with Crippen molar-refractivity contribution in [3.63, 3.8) is 0 Å². The lowest BCUT2D eigenvalue weighted by Gasteiger charge is -2.24. The average Bonchev–Trinajstić information content (AvgIpc) is 2.85. The first-order chi connectivity index (χ1) is 8.70. The summed E-state index contributed by atoms with van der Waals surface area (Å²) < 4.78 is 12.9. The molecule has 2 unspecified atom stereocenters. The molecule has 1 aromatic rings. The molecule has 2 nitrogen and oxygen atoms in total. The van der Waals surface area contributed by atoms with Gasteiger partial charge < -0.3 is 5.32 Å². The molecule has 0 saturated carbocycles. The molecule has 18 heavy (non-hydrogen) atoms. The fourth-order valence-electron chi connectivity index (χ4n) is 2.68. The summed E-state index contributed by atoms with van der Waals surface area (Å²) in [5.74, 6) is 0.602. The van der Waals surface area contributed by atoms with Gasteiger partial charge in [0.25, 0.3) is 0 Å². The lowest BCUT2D eigenvalue weighted by Crippen LogP contribution is -2.28.